The summed E-state index contributed by atoms with van der Waals surface area (Å²) in [5, 5.41) is 2.97. The van der Waals surface area contributed by atoms with Crippen LogP contribution in [0.2, 0.25) is 0 Å². The van der Waals surface area contributed by atoms with Gasteiger partial charge < -0.3 is 10.2 Å². The molecule has 0 unspecified atom stereocenters. The van der Waals surface area contributed by atoms with E-state index in [9.17, 15) is 13.2 Å². The molecule has 1 heterocycles. The van der Waals surface area contributed by atoms with E-state index in [-0.39, 0.29) is 5.91 Å². The van der Waals surface area contributed by atoms with E-state index >= 15 is 0 Å². The number of hydrogen-bond donors (Lipinski definition) is 1. The molecule has 0 radical (unpaired) electrons. The van der Waals surface area contributed by atoms with Gasteiger partial charge in [-0.15, -0.1) is 0 Å². The lowest BCUT2D eigenvalue weighted by Gasteiger charge is -2.18. The van der Waals surface area contributed by atoms with E-state index in [4.69, 9.17) is 0 Å². The molecule has 1 aliphatic rings. The van der Waals surface area contributed by atoms with Gasteiger partial charge in [0.15, 0.2) is 0 Å². The van der Waals surface area contributed by atoms with Crippen LogP contribution in [-0.4, -0.2) is 44.8 Å². The highest BCUT2D eigenvalue weighted by molar-refractivity contribution is 7.89. The standard InChI is InChI=1S/C24H33N3O3S/c1-3-27(4-2)31(29,30)23-14-9-20(10-15-23)11-16-24(28)25-19-21-7-12-22(13-8-21)26-17-5-6-18-26/h7-10,12-15H,3-6,11,16-19H2,1-2H3,(H,25,28). The number of benzene rings is 2. The molecule has 0 spiro atoms. The maximum atomic E-state index is 12.5. The minimum Gasteiger partial charge on any atom is -0.372 e. The highest BCUT2D eigenvalue weighted by Crippen LogP contribution is 2.20. The molecule has 6 nitrogen and oxygen atoms in total. The monoisotopic (exact) mass is 443 g/mol. The molecule has 1 fully saturated rings. The van der Waals surface area contributed by atoms with Crippen LogP contribution in [0.3, 0.4) is 0 Å². The topological polar surface area (TPSA) is 69.7 Å². The van der Waals surface area contributed by atoms with Crippen molar-refractivity contribution in [2.45, 2.75) is 51.0 Å². The van der Waals surface area contributed by atoms with Gasteiger partial charge in [-0.2, -0.15) is 4.31 Å². The second-order valence-corrected chi connectivity index (χ2v) is 9.81. The summed E-state index contributed by atoms with van der Waals surface area (Å²) in [5.74, 6) is -0.0107. The molecule has 0 aromatic heterocycles. The van der Waals surface area contributed by atoms with Crippen LogP contribution >= 0.6 is 0 Å². The highest BCUT2D eigenvalue weighted by Gasteiger charge is 2.21. The summed E-state index contributed by atoms with van der Waals surface area (Å²) in [6, 6.07) is 15.2. The zero-order valence-electron chi connectivity index (χ0n) is 18.5. The van der Waals surface area contributed by atoms with Crippen molar-refractivity contribution in [3.63, 3.8) is 0 Å². The zero-order valence-corrected chi connectivity index (χ0v) is 19.3. The molecule has 3 rings (SSSR count). The maximum absolute atomic E-state index is 12.5. The van der Waals surface area contributed by atoms with Gasteiger partial charge in [-0.1, -0.05) is 38.1 Å². The Morgan fingerprint density at radius 3 is 2.10 bits per heavy atom. The zero-order chi connectivity index (χ0) is 22.3. The van der Waals surface area contributed by atoms with Gasteiger partial charge in [0.05, 0.1) is 4.90 Å². The van der Waals surface area contributed by atoms with E-state index in [1.807, 2.05) is 13.8 Å². The van der Waals surface area contributed by atoms with Crippen LogP contribution in [0.25, 0.3) is 0 Å². The SMILES string of the molecule is CCN(CC)S(=O)(=O)c1ccc(CCC(=O)NCc2ccc(N3CCCC3)cc2)cc1. The van der Waals surface area contributed by atoms with Crippen LogP contribution in [0.4, 0.5) is 5.69 Å². The number of nitrogens with one attached hydrogen (secondary N) is 1. The normalized spacial score (nSPS) is 14.2. The summed E-state index contributed by atoms with van der Waals surface area (Å²) in [4.78, 5) is 14.9. The van der Waals surface area contributed by atoms with E-state index in [0.29, 0.717) is 37.4 Å². The molecular formula is C24H33N3O3S. The Morgan fingerprint density at radius 2 is 1.52 bits per heavy atom. The number of aryl methyl sites for hydroxylation is 1. The number of hydrogen-bond acceptors (Lipinski definition) is 4. The third-order valence-corrected chi connectivity index (χ3v) is 7.87. The van der Waals surface area contributed by atoms with Crippen molar-refractivity contribution in [1.82, 2.24) is 9.62 Å². The smallest absolute Gasteiger partial charge is 0.243 e. The summed E-state index contributed by atoms with van der Waals surface area (Å²) in [6.45, 7) is 7.31. The molecule has 168 valence electrons. The van der Waals surface area contributed by atoms with Gasteiger partial charge in [0.2, 0.25) is 15.9 Å². The van der Waals surface area contributed by atoms with Gasteiger partial charge in [-0.3, -0.25) is 4.79 Å². The Balaban J connectivity index is 1.46. The summed E-state index contributed by atoms with van der Waals surface area (Å²) in [6.07, 6.45) is 3.46. The number of amides is 1. The third-order valence-electron chi connectivity index (χ3n) is 5.80. The van der Waals surface area contributed by atoms with Gasteiger partial charge in [0.1, 0.15) is 0 Å². The van der Waals surface area contributed by atoms with Crippen LogP contribution < -0.4 is 10.2 Å². The fourth-order valence-corrected chi connectivity index (χ4v) is 5.35. The number of nitrogens with zero attached hydrogens (tertiary/aromatic N) is 2. The summed E-state index contributed by atoms with van der Waals surface area (Å²) in [5.41, 5.74) is 3.28. The summed E-state index contributed by atoms with van der Waals surface area (Å²) < 4.78 is 26.5. The molecule has 2 aromatic carbocycles. The summed E-state index contributed by atoms with van der Waals surface area (Å²) in [7, 11) is -3.45. The van der Waals surface area contributed by atoms with Gasteiger partial charge >= 0.3 is 0 Å². The minimum atomic E-state index is -3.45. The molecule has 0 saturated carbocycles. The lowest BCUT2D eigenvalue weighted by Crippen LogP contribution is -2.30. The third kappa shape index (κ3) is 6.08. The average Bonchev–Trinajstić information content (AvgIpc) is 3.32. The lowest BCUT2D eigenvalue weighted by molar-refractivity contribution is -0.121. The van der Waals surface area contributed by atoms with Crippen molar-refractivity contribution in [3.8, 4) is 0 Å². The number of rotatable bonds is 10. The van der Waals surface area contributed by atoms with Crippen molar-refractivity contribution >= 4 is 21.6 Å². The molecule has 0 bridgehead atoms. The van der Waals surface area contributed by atoms with Crippen LogP contribution in [0.1, 0.15) is 44.2 Å². The fraction of sp³-hybridized carbons (Fsp3) is 0.458. The predicted octanol–water partition coefficient (Wildman–Crippen LogP) is 3.57. The Morgan fingerprint density at radius 1 is 0.935 bits per heavy atom. The first kappa shape index (κ1) is 23.3. The van der Waals surface area contributed by atoms with Crippen LogP contribution in [-0.2, 0) is 27.8 Å². The Labute approximate surface area is 186 Å². The lowest BCUT2D eigenvalue weighted by atomic mass is 10.1. The molecular weight excluding hydrogens is 410 g/mol. The van der Waals surface area contributed by atoms with Crippen molar-refractivity contribution in [2.75, 3.05) is 31.1 Å². The molecule has 1 amide bonds. The van der Waals surface area contributed by atoms with Crippen LogP contribution in [0, 0.1) is 0 Å². The highest BCUT2D eigenvalue weighted by atomic mass is 32.2. The molecule has 1 aliphatic heterocycles. The molecule has 0 aliphatic carbocycles. The molecule has 1 N–H and O–H groups in total. The van der Waals surface area contributed by atoms with Crippen LogP contribution in [0.15, 0.2) is 53.4 Å². The van der Waals surface area contributed by atoms with E-state index < -0.39 is 10.0 Å². The second-order valence-electron chi connectivity index (χ2n) is 7.87. The number of anilines is 1. The van der Waals surface area contributed by atoms with E-state index in [0.717, 1.165) is 24.2 Å². The van der Waals surface area contributed by atoms with Crippen molar-refractivity contribution in [3.05, 3.63) is 59.7 Å². The van der Waals surface area contributed by atoms with Gasteiger partial charge in [0.25, 0.3) is 0 Å². The van der Waals surface area contributed by atoms with Crippen LogP contribution in [0.5, 0.6) is 0 Å². The fourth-order valence-electron chi connectivity index (χ4n) is 3.89. The Bertz CT molecular complexity index is 947. The van der Waals surface area contributed by atoms with Crippen molar-refractivity contribution in [2.24, 2.45) is 0 Å². The van der Waals surface area contributed by atoms with Crippen molar-refractivity contribution in [1.29, 1.82) is 0 Å². The Kier molecular flexibility index (Phi) is 8.09. The van der Waals surface area contributed by atoms with Gasteiger partial charge in [0, 0.05) is 44.8 Å². The first-order valence-electron chi connectivity index (χ1n) is 11.1. The Hall–Kier alpha value is -2.38. The minimum absolute atomic E-state index is 0.0107. The predicted molar refractivity (Wildman–Crippen MR) is 125 cm³/mol. The van der Waals surface area contributed by atoms with E-state index in [1.165, 1.54) is 22.8 Å². The molecule has 1 saturated heterocycles. The number of sulfonamides is 1. The maximum Gasteiger partial charge on any atom is 0.243 e. The van der Waals surface area contributed by atoms with E-state index in [1.54, 1.807) is 24.3 Å². The average molecular weight is 444 g/mol. The largest absolute Gasteiger partial charge is 0.372 e. The van der Waals surface area contributed by atoms with Crippen molar-refractivity contribution < 1.29 is 13.2 Å². The summed E-state index contributed by atoms with van der Waals surface area (Å²) >= 11 is 0. The molecule has 0 atom stereocenters. The molecule has 7 heteroatoms. The van der Waals surface area contributed by atoms with E-state index in [2.05, 4.69) is 34.5 Å². The number of carbonyl (C=O) groups excluding carboxylic acids is 1. The van der Waals surface area contributed by atoms with Gasteiger partial charge in [-0.25, -0.2) is 8.42 Å². The number of carbonyl (C=O) groups is 1. The molecule has 2 aromatic rings. The molecule has 31 heavy (non-hydrogen) atoms. The first-order valence-corrected chi connectivity index (χ1v) is 12.6. The van der Waals surface area contributed by atoms with Gasteiger partial charge in [-0.05, 0) is 54.7 Å². The first-order chi connectivity index (χ1) is 14.9. The quantitative estimate of drug-likeness (QED) is 0.610. The second kappa shape index (κ2) is 10.8.